The van der Waals surface area contributed by atoms with Gasteiger partial charge in [0.1, 0.15) is 11.4 Å². The van der Waals surface area contributed by atoms with Crippen molar-refractivity contribution in [3.05, 3.63) is 123 Å². The van der Waals surface area contributed by atoms with E-state index < -0.39 is 39.8 Å². The average molecular weight is 541 g/mol. The van der Waals surface area contributed by atoms with E-state index in [4.69, 9.17) is 14.5 Å². The molecule has 0 fully saturated rings. The number of cyclic esters (lactones) is 1. The molecule has 0 aromatic heterocycles. The van der Waals surface area contributed by atoms with Gasteiger partial charge < -0.3 is 14.6 Å². The third kappa shape index (κ3) is 4.75. The second-order valence-corrected chi connectivity index (χ2v) is 10.8. The SMILES string of the molecule is CC(C)(C)OC(=O)C1=C(O)C[C@H](c2ccccc2)[C@@]2(N=C(c3ccccc3)OC2=O)[C@H]1c1ccc([N+](=O)[O-])cc1. The van der Waals surface area contributed by atoms with Crippen molar-refractivity contribution in [2.75, 3.05) is 0 Å². The van der Waals surface area contributed by atoms with Gasteiger partial charge in [0.2, 0.25) is 5.90 Å². The molecule has 3 aromatic carbocycles. The van der Waals surface area contributed by atoms with E-state index in [-0.39, 0.29) is 29.3 Å². The quantitative estimate of drug-likeness (QED) is 0.247. The number of nitro benzene ring substituents is 1. The zero-order valence-electron chi connectivity index (χ0n) is 22.2. The molecule has 3 atom stereocenters. The minimum Gasteiger partial charge on any atom is -0.512 e. The molecule has 1 aliphatic carbocycles. The van der Waals surface area contributed by atoms with E-state index in [1.165, 1.54) is 24.3 Å². The van der Waals surface area contributed by atoms with E-state index in [1.54, 1.807) is 45.0 Å². The number of aliphatic hydroxyl groups excluding tert-OH is 1. The van der Waals surface area contributed by atoms with Crippen molar-refractivity contribution in [2.45, 2.75) is 50.2 Å². The van der Waals surface area contributed by atoms with Gasteiger partial charge in [0.05, 0.1) is 16.4 Å². The molecule has 0 radical (unpaired) electrons. The van der Waals surface area contributed by atoms with Gasteiger partial charge in [-0.2, -0.15) is 0 Å². The minimum absolute atomic E-state index is 0.0806. The van der Waals surface area contributed by atoms with Crippen molar-refractivity contribution in [1.29, 1.82) is 0 Å². The third-order valence-corrected chi connectivity index (χ3v) is 7.05. The lowest BCUT2D eigenvalue weighted by atomic mass is 9.61. The number of non-ortho nitro benzene ring substituents is 1. The zero-order valence-corrected chi connectivity index (χ0v) is 22.2. The predicted molar refractivity (Wildman–Crippen MR) is 147 cm³/mol. The van der Waals surface area contributed by atoms with E-state index in [0.29, 0.717) is 16.7 Å². The third-order valence-electron chi connectivity index (χ3n) is 7.05. The molecule has 1 spiro atoms. The van der Waals surface area contributed by atoms with Gasteiger partial charge >= 0.3 is 11.9 Å². The van der Waals surface area contributed by atoms with Gasteiger partial charge in [-0.15, -0.1) is 0 Å². The number of nitro groups is 1. The number of aliphatic imine (C=N–C) groups is 1. The lowest BCUT2D eigenvalue weighted by molar-refractivity contribution is -0.384. The van der Waals surface area contributed by atoms with Crippen molar-refractivity contribution in [2.24, 2.45) is 4.99 Å². The van der Waals surface area contributed by atoms with Crippen LogP contribution in [0.3, 0.4) is 0 Å². The molecule has 0 unspecified atom stereocenters. The lowest BCUT2D eigenvalue weighted by Crippen LogP contribution is -2.51. The minimum atomic E-state index is -1.72. The van der Waals surface area contributed by atoms with Gasteiger partial charge in [0.15, 0.2) is 5.54 Å². The molecule has 9 heteroatoms. The molecule has 0 saturated heterocycles. The van der Waals surface area contributed by atoms with E-state index in [1.807, 2.05) is 36.4 Å². The highest BCUT2D eigenvalue weighted by Crippen LogP contribution is 2.56. The summed E-state index contributed by atoms with van der Waals surface area (Å²) >= 11 is 0. The summed E-state index contributed by atoms with van der Waals surface area (Å²) in [6.07, 6.45) is -0.0806. The van der Waals surface area contributed by atoms with Crippen LogP contribution in [0.5, 0.6) is 0 Å². The summed E-state index contributed by atoms with van der Waals surface area (Å²) in [6, 6.07) is 23.6. The first-order valence-electron chi connectivity index (χ1n) is 12.8. The predicted octanol–water partition coefficient (Wildman–Crippen LogP) is 5.76. The molecule has 204 valence electrons. The van der Waals surface area contributed by atoms with E-state index in [0.717, 1.165) is 0 Å². The maximum absolute atomic E-state index is 14.1. The van der Waals surface area contributed by atoms with Crippen molar-refractivity contribution >= 4 is 23.5 Å². The zero-order chi connectivity index (χ0) is 28.7. The second kappa shape index (κ2) is 10.1. The lowest BCUT2D eigenvalue weighted by Gasteiger charge is -2.43. The summed E-state index contributed by atoms with van der Waals surface area (Å²) in [5.41, 5.74) is -1.27. The number of allylic oxidation sites excluding steroid dienone is 1. The number of hydrogen-bond donors (Lipinski definition) is 1. The van der Waals surface area contributed by atoms with E-state index in [9.17, 15) is 24.8 Å². The topological polar surface area (TPSA) is 128 Å². The Hall–Kier alpha value is -4.79. The highest BCUT2D eigenvalue weighted by atomic mass is 16.6. The Labute approximate surface area is 230 Å². The molecule has 1 N–H and O–H groups in total. The number of rotatable bonds is 5. The molecule has 5 rings (SSSR count). The highest BCUT2D eigenvalue weighted by Gasteiger charge is 2.63. The summed E-state index contributed by atoms with van der Waals surface area (Å²) in [4.78, 5) is 43.6. The van der Waals surface area contributed by atoms with Crippen LogP contribution in [-0.4, -0.2) is 39.0 Å². The first kappa shape index (κ1) is 26.8. The maximum atomic E-state index is 14.1. The molecular weight excluding hydrogens is 512 g/mol. The van der Waals surface area contributed by atoms with Crippen LogP contribution in [0.1, 0.15) is 55.7 Å². The van der Waals surface area contributed by atoms with Gasteiger partial charge in [-0.3, -0.25) is 10.1 Å². The monoisotopic (exact) mass is 540 g/mol. The Bertz CT molecular complexity index is 1520. The molecule has 2 aliphatic rings. The fourth-order valence-corrected chi connectivity index (χ4v) is 5.39. The molecule has 0 amide bonds. The smallest absolute Gasteiger partial charge is 0.342 e. The Morgan fingerprint density at radius 2 is 1.60 bits per heavy atom. The maximum Gasteiger partial charge on any atom is 0.342 e. The fraction of sp³-hybridized carbons (Fsp3) is 0.258. The Morgan fingerprint density at radius 3 is 2.17 bits per heavy atom. The molecule has 1 aliphatic heterocycles. The number of ether oxygens (including phenoxy) is 2. The number of aliphatic hydroxyl groups is 1. The first-order chi connectivity index (χ1) is 19.0. The van der Waals surface area contributed by atoms with Crippen LogP contribution in [0.25, 0.3) is 0 Å². The fourth-order valence-electron chi connectivity index (χ4n) is 5.39. The molecule has 0 bridgehead atoms. The van der Waals surface area contributed by atoms with Crippen LogP contribution in [-0.2, 0) is 19.1 Å². The Balaban J connectivity index is 1.80. The molecule has 0 saturated carbocycles. The van der Waals surface area contributed by atoms with Gasteiger partial charge in [0.25, 0.3) is 5.69 Å². The van der Waals surface area contributed by atoms with E-state index >= 15 is 0 Å². The van der Waals surface area contributed by atoms with Crippen molar-refractivity contribution in [1.82, 2.24) is 0 Å². The summed E-state index contributed by atoms with van der Waals surface area (Å²) in [5.74, 6) is -3.56. The van der Waals surface area contributed by atoms with Crippen molar-refractivity contribution in [3.63, 3.8) is 0 Å². The largest absolute Gasteiger partial charge is 0.512 e. The van der Waals surface area contributed by atoms with Gasteiger partial charge in [0, 0.05) is 30.0 Å². The number of carbonyl (C=O) groups excluding carboxylic acids is 2. The van der Waals surface area contributed by atoms with Crippen LogP contribution in [0.4, 0.5) is 5.69 Å². The van der Waals surface area contributed by atoms with Gasteiger partial charge in [-0.25, -0.2) is 14.6 Å². The molecule has 9 nitrogen and oxygen atoms in total. The van der Waals surface area contributed by atoms with Crippen molar-refractivity contribution in [3.8, 4) is 0 Å². The van der Waals surface area contributed by atoms with E-state index in [2.05, 4.69) is 0 Å². The normalized spacial score (nSPS) is 22.6. The van der Waals surface area contributed by atoms with Crippen LogP contribution in [0.15, 0.2) is 101 Å². The molecule has 1 heterocycles. The average Bonchev–Trinajstić information content (AvgIpc) is 3.26. The standard InChI is InChI=1S/C31H28N2O7/c1-30(2,3)40-28(35)25-24(34)18-23(19-10-6-4-7-11-19)31(26(25)20-14-16-22(17-15-20)33(37)38)29(36)39-27(32-31)21-12-8-5-9-13-21/h4-17,23,26,34H,18H2,1-3H3/t23-,26+,31-/m1/s1. The Kier molecular flexibility index (Phi) is 6.75. The van der Waals surface area contributed by atoms with Crippen LogP contribution in [0.2, 0.25) is 0 Å². The van der Waals surface area contributed by atoms with Crippen LogP contribution in [0, 0.1) is 10.1 Å². The molecular formula is C31H28N2O7. The number of benzene rings is 3. The summed E-state index contributed by atoms with van der Waals surface area (Å²) in [6.45, 7) is 5.10. The Morgan fingerprint density at radius 1 is 1.00 bits per heavy atom. The number of hydrogen-bond acceptors (Lipinski definition) is 8. The van der Waals surface area contributed by atoms with Gasteiger partial charge in [-0.05, 0) is 44.0 Å². The summed E-state index contributed by atoms with van der Waals surface area (Å²) < 4.78 is 11.5. The molecule has 40 heavy (non-hydrogen) atoms. The van der Waals surface area contributed by atoms with Crippen LogP contribution >= 0.6 is 0 Å². The number of esters is 2. The second-order valence-electron chi connectivity index (χ2n) is 10.8. The van der Waals surface area contributed by atoms with Crippen LogP contribution < -0.4 is 0 Å². The number of carbonyl (C=O) groups is 2. The van der Waals surface area contributed by atoms with Crippen molar-refractivity contribution < 1.29 is 29.1 Å². The first-order valence-corrected chi connectivity index (χ1v) is 12.8. The molecule has 3 aromatic rings. The number of nitrogens with zero attached hydrogens (tertiary/aromatic N) is 2. The summed E-state index contributed by atoms with van der Waals surface area (Å²) in [7, 11) is 0. The summed E-state index contributed by atoms with van der Waals surface area (Å²) in [5, 5.41) is 22.8. The van der Waals surface area contributed by atoms with Gasteiger partial charge in [-0.1, -0.05) is 60.7 Å². The highest BCUT2D eigenvalue weighted by molar-refractivity contribution is 6.10.